The van der Waals surface area contributed by atoms with Crippen LogP contribution in [0, 0.1) is 6.92 Å². The van der Waals surface area contributed by atoms with Crippen LogP contribution in [-0.4, -0.2) is 35.1 Å². The van der Waals surface area contributed by atoms with Gasteiger partial charge in [0.05, 0.1) is 5.69 Å². The Bertz CT molecular complexity index is 1310. The number of nitrogens with one attached hydrogen (secondary N) is 1. The molecule has 1 aliphatic rings. The van der Waals surface area contributed by atoms with Gasteiger partial charge in [0.2, 0.25) is 0 Å². The normalized spacial score (nSPS) is 17.7. The van der Waals surface area contributed by atoms with Crippen LogP contribution >= 0.6 is 11.6 Å². The number of nitrogens with zero attached hydrogens (tertiary/aromatic N) is 4. The Morgan fingerprint density at radius 2 is 1.53 bits per heavy atom. The van der Waals surface area contributed by atoms with Crippen molar-refractivity contribution in [2.45, 2.75) is 32.9 Å². The minimum absolute atomic E-state index is 0.335. The maximum absolute atomic E-state index is 6.33. The molecule has 0 spiro atoms. The minimum atomic E-state index is 0.335. The van der Waals surface area contributed by atoms with Gasteiger partial charge in [-0.25, -0.2) is 9.97 Å². The Morgan fingerprint density at radius 1 is 0.861 bits per heavy atom. The van der Waals surface area contributed by atoms with E-state index in [1.807, 2.05) is 61.5 Å². The Kier molecular flexibility index (Phi) is 6.96. The molecule has 0 radical (unpaired) electrons. The molecule has 1 saturated heterocycles. The Labute approximate surface area is 217 Å². The van der Waals surface area contributed by atoms with E-state index in [4.69, 9.17) is 21.3 Å². The van der Waals surface area contributed by atoms with Crippen molar-refractivity contribution in [2.24, 2.45) is 0 Å². The molecule has 2 unspecified atom stereocenters. The first-order valence-corrected chi connectivity index (χ1v) is 12.6. The van der Waals surface area contributed by atoms with Gasteiger partial charge in [-0.05, 0) is 63.2 Å². The van der Waals surface area contributed by atoms with E-state index in [9.17, 15) is 0 Å². The number of hydrogen-bond acceptors (Lipinski definition) is 6. The molecule has 1 N–H and O–H groups in total. The largest absolute Gasteiger partial charge is 0.455 e. The van der Waals surface area contributed by atoms with Crippen LogP contribution in [0.4, 0.5) is 23.0 Å². The molecule has 3 aromatic carbocycles. The highest BCUT2D eigenvalue weighted by atomic mass is 35.5. The van der Waals surface area contributed by atoms with Crippen molar-refractivity contribution in [3.05, 3.63) is 95.8 Å². The molecule has 5 rings (SSSR count). The van der Waals surface area contributed by atoms with Gasteiger partial charge in [-0.1, -0.05) is 48.0 Å². The van der Waals surface area contributed by atoms with Crippen molar-refractivity contribution in [1.82, 2.24) is 9.97 Å². The zero-order chi connectivity index (χ0) is 25.1. The molecule has 36 heavy (non-hydrogen) atoms. The quantitative estimate of drug-likeness (QED) is 0.306. The van der Waals surface area contributed by atoms with Crippen LogP contribution in [0.1, 0.15) is 19.7 Å². The third kappa shape index (κ3) is 5.39. The summed E-state index contributed by atoms with van der Waals surface area (Å²) in [6.07, 6.45) is 0. The highest BCUT2D eigenvalue weighted by Crippen LogP contribution is 2.34. The third-order valence-electron chi connectivity index (χ3n) is 6.30. The lowest BCUT2D eigenvalue weighted by atomic mass is 10.1. The first kappa shape index (κ1) is 23.9. The fourth-order valence-electron chi connectivity index (χ4n) is 4.84. The average Bonchev–Trinajstić information content (AvgIpc) is 2.86. The van der Waals surface area contributed by atoms with Gasteiger partial charge in [-0.3, -0.25) is 0 Å². The molecule has 2 heterocycles. The molecule has 1 fully saturated rings. The second-order valence-electron chi connectivity index (χ2n) is 9.19. The molecule has 7 heteroatoms. The number of benzene rings is 3. The fraction of sp³-hybridized carbons (Fsp3) is 0.241. The van der Waals surface area contributed by atoms with Crippen molar-refractivity contribution >= 4 is 34.6 Å². The summed E-state index contributed by atoms with van der Waals surface area (Å²) >= 11 is 6.33. The minimum Gasteiger partial charge on any atom is -0.455 e. The number of rotatable bonds is 6. The molecule has 0 amide bonds. The maximum Gasteiger partial charge on any atom is 0.151 e. The van der Waals surface area contributed by atoms with Crippen molar-refractivity contribution < 1.29 is 4.74 Å². The highest BCUT2D eigenvalue weighted by Gasteiger charge is 2.30. The van der Waals surface area contributed by atoms with E-state index in [2.05, 4.69) is 64.3 Å². The highest BCUT2D eigenvalue weighted by molar-refractivity contribution is 6.31. The summed E-state index contributed by atoms with van der Waals surface area (Å²) in [5.41, 5.74) is 2.00. The lowest BCUT2D eigenvalue weighted by Gasteiger charge is -2.46. The Morgan fingerprint density at radius 3 is 2.22 bits per heavy atom. The molecule has 2 atom stereocenters. The van der Waals surface area contributed by atoms with Crippen LogP contribution in [0.3, 0.4) is 0 Å². The van der Waals surface area contributed by atoms with Crippen LogP contribution in [-0.2, 0) is 0 Å². The number of halogens is 1. The lowest BCUT2D eigenvalue weighted by molar-refractivity contribution is 0.472. The molecule has 0 saturated carbocycles. The Balaban J connectivity index is 1.38. The van der Waals surface area contributed by atoms with Crippen LogP contribution < -0.4 is 19.9 Å². The van der Waals surface area contributed by atoms with Gasteiger partial charge in [0, 0.05) is 41.9 Å². The molecular weight excluding hydrogens is 470 g/mol. The first-order chi connectivity index (χ1) is 17.5. The van der Waals surface area contributed by atoms with Crippen molar-refractivity contribution in [3.8, 4) is 11.5 Å². The van der Waals surface area contributed by atoms with E-state index in [0.29, 0.717) is 34.5 Å². The van der Waals surface area contributed by atoms with Crippen molar-refractivity contribution in [3.63, 3.8) is 0 Å². The van der Waals surface area contributed by atoms with Crippen LogP contribution in [0.2, 0.25) is 5.02 Å². The SMILES string of the molecule is Cc1nc(Nc2cc(Cl)ccc2Oc2ccccc2)cc(N2CC(C)N(c3ccccc3)C(C)C2)n1. The number of aromatic nitrogens is 2. The van der Waals surface area contributed by atoms with E-state index >= 15 is 0 Å². The van der Waals surface area contributed by atoms with Crippen LogP contribution in [0.5, 0.6) is 11.5 Å². The van der Waals surface area contributed by atoms with Gasteiger partial charge in [0.25, 0.3) is 0 Å². The zero-order valence-corrected chi connectivity index (χ0v) is 21.5. The van der Waals surface area contributed by atoms with Crippen molar-refractivity contribution in [2.75, 3.05) is 28.2 Å². The molecule has 1 aromatic heterocycles. The summed E-state index contributed by atoms with van der Waals surface area (Å²) in [5.74, 6) is 3.73. The van der Waals surface area contributed by atoms with Crippen LogP contribution in [0.25, 0.3) is 0 Å². The first-order valence-electron chi connectivity index (χ1n) is 12.2. The van der Waals surface area contributed by atoms with E-state index < -0.39 is 0 Å². The summed E-state index contributed by atoms with van der Waals surface area (Å²) in [6.45, 7) is 8.19. The molecule has 0 bridgehead atoms. The summed E-state index contributed by atoms with van der Waals surface area (Å²) in [7, 11) is 0. The monoisotopic (exact) mass is 499 g/mol. The van der Waals surface area contributed by atoms with Gasteiger partial charge >= 0.3 is 0 Å². The van der Waals surface area contributed by atoms with Gasteiger partial charge in [-0.15, -0.1) is 0 Å². The van der Waals surface area contributed by atoms with Gasteiger partial charge < -0.3 is 19.9 Å². The number of aryl methyl sites for hydroxylation is 1. The summed E-state index contributed by atoms with van der Waals surface area (Å²) in [6, 6.07) is 28.5. The summed E-state index contributed by atoms with van der Waals surface area (Å²) in [5, 5.41) is 4.03. The number of piperazine rings is 1. The second-order valence-corrected chi connectivity index (χ2v) is 9.62. The van der Waals surface area contributed by atoms with E-state index in [1.54, 1.807) is 0 Å². The predicted octanol–water partition coefficient (Wildman–Crippen LogP) is 7.08. The topological polar surface area (TPSA) is 53.5 Å². The summed E-state index contributed by atoms with van der Waals surface area (Å²) in [4.78, 5) is 14.2. The predicted molar refractivity (Wildman–Crippen MR) is 148 cm³/mol. The van der Waals surface area contributed by atoms with Gasteiger partial charge in [0.15, 0.2) is 5.75 Å². The number of ether oxygens (including phenoxy) is 1. The number of para-hydroxylation sites is 2. The number of anilines is 4. The molecule has 1 aliphatic heterocycles. The van der Waals surface area contributed by atoms with Crippen LogP contribution in [0.15, 0.2) is 84.9 Å². The standard InChI is InChI=1S/C29H30ClN5O/c1-20-18-34(19-21(2)35(20)24-10-6-4-7-11-24)29-17-28(31-22(3)32-29)33-26-16-23(30)14-15-27(26)36-25-12-8-5-9-13-25/h4-17,20-21H,18-19H2,1-3H3,(H,31,32,33). The van der Waals surface area contributed by atoms with E-state index in [0.717, 1.165) is 30.3 Å². The lowest BCUT2D eigenvalue weighted by Crippen LogP contribution is -2.57. The van der Waals surface area contributed by atoms with E-state index in [-0.39, 0.29) is 0 Å². The van der Waals surface area contributed by atoms with E-state index in [1.165, 1.54) is 5.69 Å². The zero-order valence-electron chi connectivity index (χ0n) is 20.7. The fourth-order valence-corrected chi connectivity index (χ4v) is 5.01. The Hall–Kier alpha value is -3.77. The second kappa shape index (κ2) is 10.5. The molecule has 6 nitrogen and oxygen atoms in total. The van der Waals surface area contributed by atoms with Crippen molar-refractivity contribution in [1.29, 1.82) is 0 Å². The summed E-state index contributed by atoms with van der Waals surface area (Å²) < 4.78 is 6.11. The average molecular weight is 500 g/mol. The van der Waals surface area contributed by atoms with Gasteiger partial charge in [0.1, 0.15) is 23.2 Å². The molecular formula is C29H30ClN5O. The molecule has 184 valence electrons. The van der Waals surface area contributed by atoms with Gasteiger partial charge in [-0.2, -0.15) is 0 Å². The molecule has 4 aromatic rings. The smallest absolute Gasteiger partial charge is 0.151 e. The number of hydrogen-bond donors (Lipinski definition) is 1. The molecule has 0 aliphatic carbocycles. The third-order valence-corrected chi connectivity index (χ3v) is 6.53. The maximum atomic E-state index is 6.33.